The van der Waals surface area contributed by atoms with Gasteiger partial charge >= 0.3 is 11.7 Å². The second kappa shape index (κ2) is 7.83. The van der Waals surface area contributed by atoms with Crippen molar-refractivity contribution >= 4 is 11.7 Å². The zero-order valence-corrected chi connectivity index (χ0v) is 15.3. The summed E-state index contributed by atoms with van der Waals surface area (Å²) in [6.07, 6.45) is 0. The number of hydrogen-bond donors (Lipinski definition) is 0. The average Bonchev–Trinajstić information content (AvgIpc) is 2.70. The summed E-state index contributed by atoms with van der Waals surface area (Å²) >= 11 is 0. The summed E-state index contributed by atoms with van der Waals surface area (Å²) in [7, 11) is 1.50. The highest BCUT2D eigenvalue weighted by atomic mass is 16.6. The topological polar surface area (TPSA) is 104 Å². The number of nitro groups is 1. The quantitative estimate of drug-likeness (QED) is 0.383. The Hall–Kier alpha value is -3.81. The van der Waals surface area contributed by atoms with Crippen LogP contribution in [0.25, 0.3) is 11.3 Å². The first-order valence-electron chi connectivity index (χ1n) is 8.42. The summed E-state index contributed by atoms with van der Waals surface area (Å²) in [6.45, 7) is 1.65. The van der Waals surface area contributed by atoms with Crippen LogP contribution >= 0.6 is 0 Å². The first-order chi connectivity index (χ1) is 13.4. The van der Waals surface area contributed by atoms with Crippen LogP contribution < -0.4 is 5.69 Å². The van der Waals surface area contributed by atoms with Crippen LogP contribution in [-0.2, 0) is 18.4 Å². The molecule has 0 N–H and O–H groups in total. The number of ether oxygens (including phenoxy) is 1. The normalized spacial score (nSPS) is 10.5. The molecule has 0 radical (unpaired) electrons. The van der Waals surface area contributed by atoms with E-state index in [-0.39, 0.29) is 23.6 Å². The molecule has 1 heterocycles. The maximum absolute atomic E-state index is 12.8. The third kappa shape index (κ3) is 3.80. The molecular formula is C20H17N3O5. The van der Waals surface area contributed by atoms with E-state index in [0.717, 1.165) is 5.56 Å². The van der Waals surface area contributed by atoms with E-state index in [1.807, 2.05) is 30.3 Å². The number of non-ortho nitro benzene ring substituents is 1. The van der Waals surface area contributed by atoms with Gasteiger partial charge in [0.2, 0.25) is 0 Å². The minimum Gasteiger partial charge on any atom is -0.457 e. The summed E-state index contributed by atoms with van der Waals surface area (Å²) in [5.74, 6) is -0.661. The highest BCUT2D eigenvalue weighted by Gasteiger charge is 2.23. The largest absolute Gasteiger partial charge is 0.457 e. The highest BCUT2D eigenvalue weighted by Crippen LogP contribution is 2.26. The zero-order chi connectivity index (χ0) is 20.3. The Morgan fingerprint density at radius 1 is 1.18 bits per heavy atom. The fourth-order valence-corrected chi connectivity index (χ4v) is 2.72. The molecule has 0 saturated carbocycles. The van der Waals surface area contributed by atoms with Crippen LogP contribution in [0, 0.1) is 17.0 Å². The van der Waals surface area contributed by atoms with E-state index >= 15 is 0 Å². The molecule has 8 heteroatoms. The van der Waals surface area contributed by atoms with Gasteiger partial charge in [0, 0.05) is 30.4 Å². The van der Waals surface area contributed by atoms with Gasteiger partial charge in [0.15, 0.2) is 0 Å². The molecule has 0 unspecified atom stereocenters. The number of rotatable bonds is 5. The van der Waals surface area contributed by atoms with Crippen LogP contribution in [-0.4, -0.2) is 20.4 Å². The number of aromatic nitrogens is 2. The molecule has 0 spiro atoms. The third-order valence-electron chi connectivity index (χ3n) is 4.34. The van der Waals surface area contributed by atoms with Crippen LogP contribution in [0.5, 0.6) is 0 Å². The first-order valence-corrected chi connectivity index (χ1v) is 8.42. The van der Waals surface area contributed by atoms with Crippen molar-refractivity contribution in [1.29, 1.82) is 0 Å². The van der Waals surface area contributed by atoms with Gasteiger partial charge in [0.25, 0.3) is 5.69 Å². The molecule has 0 atom stereocenters. The molecule has 0 aliphatic carbocycles. The van der Waals surface area contributed by atoms with E-state index in [1.54, 1.807) is 13.0 Å². The van der Waals surface area contributed by atoms with Crippen LogP contribution in [0.2, 0.25) is 0 Å². The molecule has 3 aromatic rings. The van der Waals surface area contributed by atoms with Crippen molar-refractivity contribution in [1.82, 2.24) is 9.55 Å². The van der Waals surface area contributed by atoms with Gasteiger partial charge in [0.1, 0.15) is 12.2 Å². The van der Waals surface area contributed by atoms with Gasteiger partial charge in [-0.1, -0.05) is 42.5 Å². The van der Waals surface area contributed by atoms with Gasteiger partial charge in [-0.2, -0.15) is 4.98 Å². The molecule has 0 amide bonds. The average molecular weight is 379 g/mol. The minimum absolute atomic E-state index is 0.0519. The molecular weight excluding hydrogens is 362 g/mol. The van der Waals surface area contributed by atoms with Gasteiger partial charge in [-0.15, -0.1) is 0 Å². The lowest BCUT2D eigenvalue weighted by atomic mass is 10.0. The Morgan fingerprint density at radius 2 is 1.89 bits per heavy atom. The van der Waals surface area contributed by atoms with Gasteiger partial charge < -0.3 is 4.74 Å². The van der Waals surface area contributed by atoms with Crippen molar-refractivity contribution < 1.29 is 14.5 Å². The van der Waals surface area contributed by atoms with Crippen molar-refractivity contribution in [2.45, 2.75) is 13.5 Å². The maximum Gasteiger partial charge on any atom is 0.348 e. The van der Waals surface area contributed by atoms with Crippen LogP contribution in [0.3, 0.4) is 0 Å². The molecule has 8 nitrogen and oxygen atoms in total. The summed E-state index contributed by atoms with van der Waals surface area (Å²) < 4.78 is 6.64. The predicted octanol–water partition coefficient (Wildman–Crippen LogP) is 3.02. The number of nitro benzene ring substituents is 1. The Bertz CT molecular complexity index is 1110. The van der Waals surface area contributed by atoms with Crippen LogP contribution in [0.15, 0.2) is 59.4 Å². The zero-order valence-electron chi connectivity index (χ0n) is 15.3. The SMILES string of the molecule is Cc1c(C(=O)OCc2ccccc2)c(-c2cccc([N+](=O)[O-])c2)nc(=O)n1C. The molecule has 1 aromatic heterocycles. The Morgan fingerprint density at radius 3 is 2.57 bits per heavy atom. The van der Waals surface area contributed by atoms with Gasteiger partial charge in [-0.05, 0) is 12.5 Å². The Kier molecular flexibility index (Phi) is 5.30. The molecule has 0 aliphatic heterocycles. The summed E-state index contributed by atoms with van der Waals surface area (Å²) in [5, 5.41) is 11.1. The number of carbonyl (C=O) groups is 1. The van der Waals surface area contributed by atoms with E-state index in [0.29, 0.717) is 11.3 Å². The minimum atomic E-state index is -0.661. The standard InChI is InChI=1S/C20H17N3O5/c1-13-17(19(24)28-12-14-7-4-3-5-8-14)18(21-20(25)22(13)2)15-9-6-10-16(11-15)23(26)27/h3-11H,12H2,1-2H3. The van der Waals surface area contributed by atoms with Gasteiger partial charge in [-0.25, -0.2) is 9.59 Å². The van der Waals surface area contributed by atoms with Gasteiger partial charge in [0.05, 0.1) is 10.6 Å². The lowest BCUT2D eigenvalue weighted by Crippen LogP contribution is -2.27. The van der Waals surface area contributed by atoms with E-state index in [1.165, 1.54) is 29.8 Å². The van der Waals surface area contributed by atoms with Gasteiger partial charge in [-0.3, -0.25) is 14.7 Å². The van der Waals surface area contributed by atoms with E-state index in [2.05, 4.69) is 4.98 Å². The van der Waals surface area contributed by atoms with Crippen LogP contribution in [0.4, 0.5) is 5.69 Å². The van der Waals surface area contributed by atoms with Crippen molar-refractivity contribution in [2.24, 2.45) is 7.05 Å². The van der Waals surface area contributed by atoms with E-state index in [9.17, 15) is 19.7 Å². The first kappa shape index (κ1) is 19.0. The summed E-state index contributed by atoms with van der Waals surface area (Å²) in [5.41, 5.74) is 0.880. The molecule has 3 rings (SSSR count). The molecule has 0 bridgehead atoms. The Labute approximate surface area is 160 Å². The number of benzene rings is 2. The summed E-state index contributed by atoms with van der Waals surface area (Å²) in [6, 6.07) is 14.8. The molecule has 0 fully saturated rings. The number of nitrogens with zero attached hydrogens (tertiary/aromatic N) is 3. The number of esters is 1. The number of hydrogen-bond acceptors (Lipinski definition) is 6. The lowest BCUT2D eigenvalue weighted by Gasteiger charge is -2.14. The van der Waals surface area contributed by atoms with Crippen molar-refractivity contribution in [3.8, 4) is 11.3 Å². The monoisotopic (exact) mass is 379 g/mol. The van der Waals surface area contributed by atoms with Crippen molar-refractivity contribution in [3.05, 3.63) is 92.0 Å². The smallest absolute Gasteiger partial charge is 0.348 e. The predicted molar refractivity (Wildman–Crippen MR) is 102 cm³/mol. The fraction of sp³-hybridized carbons (Fsp3) is 0.150. The maximum atomic E-state index is 12.8. The van der Waals surface area contributed by atoms with Crippen molar-refractivity contribution in [2.75, 3.05) is 0 Å². The molecule has 2 aromatic carbocycles. The second-order valence-corrected chi connectivity index (χ2v) is 6.13. The summed E-state index contributed by atoms with van der Waals surface area (Å²) in [4.78, 5) is 39.5. The number of carbonyl (C=O) groups excluding carboxylic acids is 1. The van der Waals surface area contributed by atoms with E-state index < -0.39 is 16.6 Å². The second-order valence-electron chi connectivity index (χ2n) is 6.13. The van der Waals surface area contributed by atoms with E-state index in [4.69, 9.17) is 4.74 Å². The molecule has 0 saturated heterocycles. The van der Waals surface area contributed by atoms with Crippen molar-refractivity contribution in [3.63, 3.8) is 0 Å². The van der Waals surface area contributed by atoms with Crippen LogP contribution in [0.1, 0.15) is 21.6 Å². The lowest BCUT2D eigenvalue weighted by molar-refractivity contribution is -0.384. The molecule has 142 valence electrons. The highest BCUT2D eigenvalue weighted by molar-refractivity contribution is 5.97. The fourth-order valence-electron chi connectivity index (χ4n) is 2.72. The molecule has 0 aliphatic rings. The Balaban J connectivity index is 2.06. The molecule has 28 heavy (non-hydrogen) atoms. The third-order valence-corrected chi connectivity index (χ3v) is 4.34.